The second-order valence-corrected chi connectivity index (χ2v) is 35.4. The van der Waals surface area contributed by atoms with E-state index in [0.717, 1.165) is 18.2 Å². The van der Waals surface area contributed by atoms with Crippen molar-refractivity contribution < 1.29 is 155 Å². The molecule has 0 saturated heterocycles. The fourth-order valence-corrected chi connectivity index (χ4v) is 15.3. The molecule has 0 spiro atoms. The Morgan fingerprint density at radius 1 is 0.333 bits per heavy atom. The van der Waals surface area contributed by atoms with Gasteiger partial charge >= 0.3 is 70.4 Å². The van der Waals surface area contributed by atoms with E-state index in [1.54, 1.807) is 48.5 Å². The molecular weight excluding hydrogens is 1890 g/mol. The number of ether oxygens (including phenoxy) is 9. The first kappa shape index (κ1) is 123. The standard InChI is InChI=1S/C30H30B6F2O9S.C30H24B6F2O9S.C24H19B6F3O9S.2CH4/c2*1-15(30(37,38)48(42,43)44)45-27(39)18-6-19(28(40)46-25-21(11-33)2-16(9-31)3-22(25)12-34)8-20(7-18)29(41)47-26-23(13-35)4-17(10-32)5-24(26)14-36;1-23(20(34)40-17(24(31,32)33)10-43(37,38)39,21(35)41-18-13(8-27)4-15(29)5-14(18)9-28)22(36)42-19-12(7-26)2-11(6-25)3-16(19)30;;/h2-5,15,18-20H,6-14H2,1H3,(H,42,43,44);2-8,15H,9-14H2,1H3,(H,42,43,44);2-5,17H,6-10H2,1H3,(H,37,38,39);2*1H4/p-3. The number of hydrogen-bond acceptors (Lipinski definition) is 27. The molecule has 0 aromatic heterocycles. The van der Waals surface area contributed by atoms with Crippen molar-refractivity contribution in [2.24, 2.45) is 23.2 Å². The van der Waals surface area contributed by atoms with Crippen LogP contribution in [0.2, 0.25) is 0 Å². The maximum atomic E-state index is 14.2. The van der Waals surface area contributed by atoms with Crippen LogP contribution in [0.15, 0.2) is 91.0 Å². The minimum Gasteiger partial charge on any atom is -0.748 e. The number of rotatable bonds is 40. The van der Waals surface area contributed by atoms with Crippen molar-refractivity contribution in [2.45, 2.75) is 191 Å². The highest BCUT2D eigenvalue weighted by atomic mass is 32.2. The summed E-state index contributed by atoms with van der Waals surface area (Å²) in [5, 5.41) is -9.96. The molecule has 27 nitrogen and oxygen atoms in total. The van der Waals surface area contributed by atoms with Gasteiger partial charge in [-0.3, -0.25) is 19.2 Å². The van der Waals surface area contributed by atoms with Crippen LogP contribution in [0.4, 0.5) is 30.7 Å². The molecule has 36 radical (unpaired) electrons. The van der Waals surface area contributed by atoms with Gasteiger partial charge in [0.1, 0.15) is 50.2 Å². The molecule has 1 saturated carbocycles. The predicted octanol–water partition coefficient (Wildman–Crippen LogP) is 2.89. The summed E-state index contributed by atoms with van der Waals surface area (Å²) in [6.07, 6.45) is -16.5. The summed E-state index contributed by atoms with van der Waals surface area (Å²) < 4.78 is 244. The van der Waals surface area contributed by atoms with Crippen molar-refractivity contribution in [1.29, 1.82) is 0 Å². The molecule has 6 atom stereocenters. The number of hydrogen-bond donors (Lipinski definition) is 0. The van der Waals surface area contributed by atoms with Gasteiger partial charge in [0.2, 0.25) is 6.10 Å². The molecule has 7 aromatic rings. The molecule has 141 heavy (non-hydrogen) atoms. The van der Waals surface area contributed by atoms with E-state index in [9.17, 15) is 113 Å². The van der Waals surface area contributed by atoms with Crippen molar-refractivity contribution in [2.75, 3.05) is 5.75 Å². The highest BCUT2D eigenvalue weighted by Crippen LogP contribution is 2.42. The molecular formula is C86H78B18F7O27S3-3. The summed E-state index contributed by atoms with van der Waals surface area (Å²) in [4.78, 5) is 121. The van der Waals surface area contributed by atoms with E-state index in [0.29, 0.717) is 93.1 Å². The van der Waals surface area contributed by atoms with Crippen molar-refractivity contribution in [3.63, 3.8) is 0 Å². The summed E-state index contributed by atoms with van der Waals surface area (Å²) in [5.41, 5.74) is 1.13. The molecule has 1 aliphatic carbocycles. The molecule has 6 unspecified atom stereocenters. The maximum Gasteiger partial charge on any atom is 0.426 e. The average molecular weight is 1970 g/mol. The Bertz CT molecular complexity index is 5790. The SMILES string of the molecule is C.C.[B]Cc1cc(C[B])c(OC(=O)C2CC(C(=O)Oc3c(C[B])cc(C[B])cc3C[B])CC(C(=O)OC(C)C(F)(F)S(=O)(=O)[O-])C2)c(C[B])c1.[B]Cc1cc(C[B])c(OC(=O)c2cc(C(=O)Oc3c(C[B])cc(C[B])cc3C[B])cc(C(=O)OC(C)C(F)(F)S(=O)(=O)[O-])c2)c(C[B])c1.[B]Cc1cc([B])c(OC(=O)C(C)(C(=O)Oc2c(C[B])cc([B])cc2C[B])C(=O)OC(CS(=O)(=O)[O-])C(F)(F)F)c(C[B])c1. The highest BCUT2D eigenvalue weighted by molar-refractivity contribution is 7.87. The highest BCUT2D eigenvalue weighted by Gasteiger charge is 2.58. The van der Waals surface area contributed by atoms with Gasteiger partial charge in [0.05, 0.1) is 176 Å². The second-order valence-electron chi connectivity index (χ2n) is 31.0. The van der Waals surface area contributed by atoms with E-state index in [4.69, 9.17) is 174 Å². The van der Waals surface area contributed by atoms with Crippen LogP contribution in [0.1, 0.15) is 175 Å². The van der Waals surface area contributed by atoms with Gasteiger partial charge in [-0.05, 0) is 119 Å². The zero-order valence-electron chi connectivity index (χ0n) is 74.6. The lowest BCUT2D eigenvalue weighted by Crippen LogP contribution is -2.52. The monoisotopic (exact) mass is 1970 g/mol. The maximum absolute atomic E-state index is 14.2. The fraction of sp³-hybridized carbons (Fsp3) is 0.407. The quantitative estimate of drug-likeness (QED) is 0.0101. The Morgan fingerprint density at radius 3 is 0.858 bits per heavy atom. The van der Waals surface area contributed by atoms with E-state index in [-0.39, 0.29) is 192 Å². The van der Waals surface area contributed by atoms with E-state index in [1.165, 1.54) is 24.3 Å². The van der Waals surface area contributed by atoms with Crippen molar-refractivity contribution in [3.8, 4) is 34.5 Å². The normalized spacial score (nSPS) is 14.8. The second kappa shape index (κ2) is 53.1. The Hall–Kier alpha value is -9.82. The number of carbonyl (C=O) groups is 9. The van der Waals surface area contributed by atoms with Gasteiger partial charge in [-0.2, -0.15) is 30.7 Å². The third-order valence-electron chi connectivity index (χ3n) is 21.2. The number of alkyl halides is 7. The van der Waals surface area contributed by atoms with Gasteiger partial charge in [-0.15, -0.1) is 0 Å². The molecule has 0 bridgehead atoms. The van der Waals surface area contributed by atoms with Crippen LogP contribution in [0.5, 0.6) is 34.5 Å². The minimum atomic E-state index is -6.24. The van der Waals surface area contributed by atoms with Gasteiger partial charge in [-0.1, -0.05) is 228 Å². The van der Waals surface area contributed by atoms with E-state index in [2.05, 4.69) is 9.47 Å². The van der Waals surface area contributed by atoms with E-state index >= 15 is 0 Å². The first-order valence-corrected chi connectivity index (χ1v) is 45.7. The summed E-state index contributed by atoms with van der Waals surface area (Å²) in [6, 6.07) is 20.7. The summed E-state index contributed by atoms with van der Waals surface area (Å²) in [6.45, 7) is 1.50. The smallest absolute Gasteiger partial charge is 0.426 e. The first-order chi connectivity index (χ1) is 64.9. The van der Waals surface area contributed by atoms with Crippen LogP contribution in [0, 0.1) is 23.2 Å². The van der Waals surface area contributed by atoms with Gasteiger partial charge in [0.15, 0.2) is 32.4 Å². The molecule has 0 N–H and O–H groups in total. The Balaban J connectivity index is 0.000000439. The Kier molecular flexibility index (Phi) is 46.5. The molecule has 7 aromatic carbocycles. The lowest BCUT2D eigenvalue weighted by Gasteiger charge is -2.33. The molecule has 708 valence electrons. The molecule has 0 amide bonds. The van der Waals surface area contributed by atoms with Crippen LogP contribution in [0.25, 0.3) is 0 Å². The van der Waals surface area contributed by atoms with Crippen molar-refractivity contribution in [3.05, 3.63) is 197 Å². The third kappa shape index (κ3) is 31.4. The molecule has 55 heteroatoms. The van der Waals surface area contributed by atoms with Crippen LogP contribution >= 0.6 is 0 Å². The molecule has 1 fully saturated rings. The summed E-state index contributed by atoms with van der Waals surface area (Å²) in [7, 11) is 86.1. The third-order valence-corrected chi connectivity index (χ3v) is 24.0. The molecule has 1 aliphatic rings. The molecule has 0 aliphatic heterocycles. The van der Waals surface area contributed by atoms with Gasteiger partial charge in [0, 0.05) is 0 Å². The number of carbonyl (C=O) groups excluding carboxylic acids is 9. The largest absolute Gasteiger partial charge is 0.748 e. The van der Waals surface area contributed by atoms with Gasteiger partial charge < -0.3 is 56.3 Å². The Morgan fingerprint density at radius 2 is 0.582 bits per heavy atom. The number of esters is 9. The Labute approximate surface area is 837 Å². The van der Waals surface area contributed by atoms with E-state index in [1.807, 2.05) is 0 Å². The van der Waals surface area contributed by atoms with Crippen LogP contribution < -0.4 is 39.3 Å². The lowest BCUT2D eigenvalue weighted by molar-refractivity contribution is -0.222. The average Bonchev–Trinajstić information content (AvgIpc) is 0.767. The van der Waals surface area contributed by atoms with Gasteiger partial charge in [0.25, 0.3) is 5.41 Å². The summed E-state index contributed by atoms with van der Waals surface area (Å²) >= 11 is 0. The van der Waals surface area contributed by atoms with Crippen LogP contribution in [-0.2, 0) is 174 Å². The first-order valence-electron chi connectivity index (χ1n) is 41.3. The topological polar surface area (TPSA) is 408 Å². The fourth-order valence-electron chi connectivity index (χ4n) is 13.8. The minimum absolute atomic E-state index is 0. The van der Waals surface area contributed by atoms with Gasteiger partial charge in [-0.25, -0.2) is 49.2 Å². The summed E-state index contributed by atoms with van der Waals surface area (Å²) in [5.74, 6) is -19.9. The zero-order chi connectivity index (χ0) is 105. The number of benzene rings is 7. The number of halogens is 7. The molecule has 0 heterocycles. The zero-order valence-corrected chi connectivity index (χ0v) is 77.0. The lowest BCUT2D eigenvalue weighted by atomic mass is 9.75. The molecule has 8 rings (SSSR count). The van der Waals surface area contributed by atoms with Crippen LogP contribution in [-0.4, -0.2) is 275 Å². The predicted molar refractivity (Wildman–Crippen MR) is 516 cm³/mol. The van der Waals surface area contributed by atoms with Crippen molar-refractivity contribution >= 4 is 236 Å². The van der Waals surface area contributed by atoms with E-state index < -0.39 is 170 Å². The van der Waals surface area contributed by atoms with Crippen molar-refractivity contribution in [1.82, 2.24) is 0 Å². The van der Waals surface area contributed by atoms with Crippen LogP contribution in [0.3, 0.4) is 0 Å².